The van der Waals surface area contributed by atoms with Crippen molar-refractivity contribution in [2.45, 2.75) is 20.3 Å². The predicted octanol–water partition coefficient (Wildman–Crippen LogP) is 4.84. The van der Waals surface area contributed by atoms with E-state index in [2.05, 4.69) is 41.9 Å². The van der Waals surface area contributed by atoms with E-state index >= 15 is 0 Å². The van der Waals surface area contributed by atoms with Crippen LogP contribution in [0.1, 0.15) is 24.5 Å². The standard InChI is InChI=1S/C12H14BrCl/c1-3-10(8-13)7-11-4-5-12(14)6-9(11)2/h4-7H,3,8H2,1-2H3/b10-7-. The maximum atomic E-state index is 5.89. The van der Waals surface area contributed by atoms with Crippen LogP contribution in [0.25, 0.3) is 6.08 Å². The zero-order valence-corrected chi connectivity index (χ0v) is 10.8. The number of aryl methyl sites for hydroxylation is 1. The van der Waals surface area contributed by atoms with Crippen molar-refractivity contribution in [2.75, 3.05) is 5.33 Å². The summed E-state index contributed by atoms with van der Waals surface area (Å²) in [5, 5.41) is 1.74. The lowest BCUT2D eigenvalue weighted by Crippen LogP contribution is -1.85. The molecule has 0 heterocycles. The van der Waals surface area contributed by atoms with E-state index in [9.17, 15) is 0 Å². The van der Waals surface area contributed by atoms with Gasteiger partial charge in [-0.05, 0) is 36.6 Å². The minimum Gasteiger partial charge on any atom is -0.0880 e. The Labute approximate surface area is 99.1 Å². The van der Waals surface area contributed by atoms with Gasteiger partial charge in [-0.1, -0.05) is 52.2 Å². The number of halogens is 2. The van der Waals surface area contributed by atoms with Crippen LogP contribution in [-0.4, -0.2) is 5.33 Å². The fraction of sp³-hybridized carbons (Fsp3) is 0.333. The SMILES string of the molecule is CC/C(=C/c1ccc(Cl)cc1C)CBr. The van der Waals surface area contributed by atoms with Crippen molar-refractivity contribution in [3.8, 4) is 0 Å². The lowest BCUT2D eigenvalue weighted by atomic mass is 10.1. The Morgan fingerprint density at radius 3 is 2.71 bits per heavy atom. The molecule has 0 aromatic heterocycles. The molecule has 0 amide bonds. The molecule has 0 unspecified atom stereocenters. The van der Waals surface area contributed by atoms with E-state index in [1.807, 2.05) is 12.1 Å². The van der Waals surface area contributed by atoms with E-state index in [0.717, 1.165) is 16.8 Å². The van der Waals surface area contributed by atoms with E-state index in [0.29, 0.717) is 0 Å². The molecule has 0 aliphatic carbocycles. The van der Waals surface area contributed by atoms with Gasteiger partial charge in [0.15, 0.2) is 0 Å². The summed E-state index contributed by atoms with van der Waals surface area (Å²) in [6, 6.07) is 5.99. The van der Waals surface area contributed by atoms with Gasteiger partial charge in [0.25, 0.3) is 0 Å². The summed E-state index contributed by atoms with van der Waals surface area (Å²) < 4.78 is 0. The van der Waals surface area contributed by atoms with Gasteiger partial charge in [0.1, 0.15) is 0 Å². The highest BCUT2D eigenvalue weighted by Gasteiger charge is 1.98. The Morgan fingerprint density at radius 2 is 2.21 bits per heavy atom. The van der Waals surface area contributed by atoms with Crippen LogP contribution in [0.4, 0.5) is 0 Å². The molecule has 0 radical (unpaired) electrons. The molecule has 0 bridgehead atoms. The first-order valence-corrected chi connectivity index (χ1v) is 6.19. The molecular weight excluding hydrogens is 259 g/mol. The second-order valence-corrected chi connectivity index (χ2v) is 4.29. The molecule has 2 heteroatoms. The third-order valence-corrected chi connectivity index (χ3v) is 3.17. The first kappa shape index (κ1) is 11.8. The van der Waals surface area contributed by atoms with Gasteiger partial charge in [0.05, 0.1) is 0 Å². The molecule has 0 N–H and O–H groups in total. The summed E-state index contributed by atoms with van der Waals surface area (Å²) in [6.45, 7) is 4.25. The molecule has 0 saturated heterocycles. The average molecular weight is 274 g/mol. The lowest BCUT2D eigenvalue weighted by Gasteiger charge is -2.04. The van der Waals surface area contributed by atoms with Gasteiger partial charge in [-0.15, -0.1) is 0 Å². The highest BCUT2D eigenvalue weighted by molar-refractivity contribution is 9.09. The van der Waals surface area contributed by atoms with Gasteiger partial charge in [-0.2, -0.15) is 0 Å². The van der Waals surface area contributed by atoms with Crippen LogP contribution in [0.15, 0.2) is 23.8 Å². The number of benzene rings is 1. The second-order valence-electron chi connectivity index (χ2n) is 3.29. The van der Waals surface area contributed by atoms with Crippen LogP contribution >= 0.6 is 27.5 Å². The number of allylic oxidation sites excluding steroid dienone is 1. The van der Waals surface area contributed by atoms with E-state index < -0.39 is 0 Å². The first-order valence-electron chi connectivity index (χ1n) is 4.69. The minimum absolute atomic E-state index is 0.802. The van der Waals surface area contributed by atoms with E-state index in [1.165, 1.54) is 16.7 Å². The zero-order chi connectivity index (χ0) is 10.6. The van der Waals surface area contributed by atoms with Crippen LogP contribution in [0.3, 0.4) is 0 Å². The molecule has 1 aromatic carbocycles. The molecule has 76 valence electrons. The summed E-state index contributed by atoms with van der Waals surface area (Å²) in [7, 11) is 0. The molecule has 0 aliphatic rings. The van der Waals surface area contributed by atoms with Gasteiger partial charge in [-0.25, -0.2) is 0 Å². The largest absolute Gasteiger partial charge is 0.0880 e. The lowest BCUT2D eigenvalue weighted by molar-refractivity contribution is 1.12. The quantitative estimate of drug-likeness (QED) is 0.692. The third-order valence-electron chi connectivity index (χ3n) is 2.22. The number of alkyl halides is 1. The van der Waals surface area contributed by atoms with Gasteiger partial charge in [0.2, 0.25) is 0 Å². The molecule has 1 rings (SSSR count). The van der Waals surface area contributed by atoms with Gasteiger partial charge < -0.3 is 0 Å². The summed E-state index contributed by atoms with van der Waals surface area (Å²) in [5.41, 5.74) is 3.88. The first-order chi connectivity index (χ1) is 6.67. The Bertz CT molecular complexity index is 336. The van der Waals surface area contributed by atoms with Crippen molar-refractivity contribution in [3.05, 3.63) is 39.9 Å². The van der Waals surface area contributed by atoms with Crippen molar-refractivity contribution in [3.63, 3.8) is 0 Å². The molecule has 0 fully saturated rings. The maximum absolute atomic E-state index is 5.89. The minimum atomic E-state index is 0.802. The molecule has 14 heavy (non-hydrogen) atoms. The summed E-state index contributed by atoms with van der Waals surface area (Å²) in [4.78, 5) is 0. The highest BCUT2D eigenvalue weighted by atomic mass is 79.9. The predicted molar refractivity (Wildman–Crippen MR) is 68.3 cm³/mol. The van der Waals surface area contributed by atoms with Crippen molar-refractivity contribution in [2.24, 2.45) is 0 Å². The van der Waals surface area contributed by atoms with Crippen molar-refractivity contribution < 1.29 is 0 Å². The number of rotatable bonds is 3. The summed E-state index contributed by atoms with van der Waals surface area (Å²) >= 11 is 9.37. The number of hydrogen-bond acceptors (Lipinski definition) is 0. The zero-order valence-electron chi connectivity index (χ0n) is 8.48. The molecule has 0 saturated carbocycles. The summed E-state index contributed by atoms with van der Waals surface area (Å²) in [6.07, 6.45) is 3.30. The number of hydrogen-bond donors (Lipinski definition) is 0. The van der Waals surface area contributed by atoms with Crippen molar-refractivity contribution >= 4 is 33.6 Å². The average Bonchev–Trinajstić information content (AvgIpc) is 2.17. The fourth-order valence-electron chi connectivity index (χ4n) is 1.26. The highest BCUT2D eigenvalue weighted by Crippen LogP contribution is 2.19. The Hall–Kier alpha value is -0.270. The van der Waals surface area contributed by atoms with Gasteiger partial charge in [0, 0.05) is 10.4 Å². The van der Waals surface area contributed by atoms with Gasteiger partial charge >= 0.3 is 0 Å². The Balaban J connectivity index is 3.02. The Morgan fingerprint density at radius 1 is 1.50 bits per heavy atom. The molecule has 0 aliphatic heterocycles. The smallest absolute Gasteiger partial charge is 0.0409 e. The van der Waals surface area contributed by atoms with E-state index in [4.69, 9.17) is 11.6 Å². The summed E-state index contributed by atoms with van der Waals surface area (Å²) in [5.74, 6) is 0. The molecule has 0 spiro atoms. The van der Waals surface area contributed by atoms with Gasteiger partial charge in [-0.3, -0.25) is 0 Å². The van der Waals surface area contributed by atoms with Crippen molar-refractivity contribution in [1.29, 1.82) is 0 Å². The van der Waals surface area contributed by atoms with E-state index in [1.54, 1.807) is 0 Å². The topological polar surface area (TPSA) is 0 Å². The fourth-order valence-corrected chi connectivity index (χ4v) is 2.04. The molecular formula is C12H14BrCl. The second kappa shape index (κ2) is 5.57. The van der Waals surface area contributed by atoms with E-state index in [-0.39, 0.29) is 0 Å². The van der Waals surface area contributed by atoms with Crippen LogP contribution < -0.4 is 0 Å². The van der Waals surface area contributed by atoms with Crippen molar-refractivity contribution in [1.82, 2.24) is 0 Å². The van der Waals surface area contributed by atoms with Crippen LogP contribution in [0, 0.1) is 6.92 Å². The molecule has 0 nitrogen and oxygen atoms in total. The van der Waals surface area contributed by atoms with Crippen LogP contribution in [-0.2, 0) is 0 Å². The molecule has 0 atom stereocenters. The Kier molecular flexibility index (Phi) is 4.70. The normalized spacial score (nSPS) is 11.9. The van der Waals surface area contributed by atoms with Crippen LogP contribution in [0.5, 0.6) is 0 Å². The maximum Gasteiger partial charge on any atom is 0.0409 e. The monoisotopic (exact) mass is 272 g/mol. The molecule has 1 aromatic rings. The third kappa shape index (κ3) is 3.14. The van der Waals surface area contributed by atoms with Crippen LogP contribution in [0.2, 0.25) is 5.02 Å².